The molecule has 0 aliphatic heterocycles. The Hall–Kier alpha value is -0.990. The van der Waals surface area contributed by atoms with Gasteiger partial charge < -0.3 is 10.5 Å². The number of hydrogen-bond donors (Lipinski definition) is 1. The molecule has 0 bridgehead atoms. The van der Waals surface area contributed by atoms with Crippen molar-refractivity contribution >= 4 is 5.91 Å². The van der Waals surface area contributed by atoms with E-state index in [2.05, 4.69) is 0 Å². The minimum absolute atomic E-state index is 0.425. The lowest BCUT2D eigenvalue weighted by atomic mass is 10.2. The molecule has 3 nitrogen and oxygen atoms in total. The maximum atomic E-state index is 10.5. The lowest BCUT2D eigenvalue weighted by Gasteiger charge is -2.04. The fourth-order valence-corrected chi connectivity index (χ4v) is 0.498. The van der Waals surface area contributed by atoms with Crippen LogP contribution in [0.15, 0.2) is 11.3 Å². The van der Waals surface area contributed by atoms with E-state index in [9.17, 15) is 4.79 Å². The van der Waals surface area contributed by atoms with Crippen LogP contribution in [-0.4, -0.2) is 12.5 Å². The van der Waals surface area contributed by atoms with E-state index in [-0.39, 0.29) is 0 Å². The fourth-order valence-electron chi connectivity index (χ4n) is 0.498. The molecule has 0 atom stereocenters. The highest BCUT2D eigenvalue weighted by molar-refractivity contribution is 5.91. The fraction of sp³-hybridized carbons (Fsp3) is 0.571. The molecule has 0 spiro atoms. The van der Waals surface area contributed by atoms with Crippen LogP contribution >= 0.6 is 0 Å². The maximum Gasteiger partial charge on any atom is 0.247 e. The van der Waals surface area contributed by atoms with Crippen molar-refractivity contribution in [2.45, 2.75) is 20.8 Å². The van der Waals surface area contributed by atoms with Crippen molar-refractivity contribution in [2.24, 2.45) is 5.73 Å². The molecule has 0 heterocycles. The topological polar surface area (TPSA) is 52.3 Å². The molecule has 0 saturated heterocycles. The van der Waals surface area contributed by atoms with Gasteiger partial charge in [-0.3, -0.25) is 4.79 Å². The molecule has 0 aliphatic carbocycles. The van der Waals surface area contributed by atoms with Crippen molar-refractivity contribution in [3.63, 3.8) is 0 Å². The van der Waals surface area contributed by atoms with Crippen molar-refractivity contribution in [2.75, 3.05) is 6.61 Å². The van der Waals surface area contributed by atoms with Crippen molar-refractivity contribution in [1.29, 1.82) is 0 Å². The normalized spacial score (nSPS) is 12.3. The number of carbonyl (C=O) groups excluding carboxylic acids is 1. The van der Waals surface area contributed by atoms with Gasteiger partial charge in [-0.2, -0.15) is 0 Å². The standard InChI is InChI=1S/C7H13NO2/c1-4-10-6(3)5(2)7(8)9/h4H2,1-3H3,(H2,8,9). The SMILES string of the molecule is CCOC(C)=C(C)C(N)=O. The zero-order chi connectivity index (χ0) is 8.15. The van der Waals surface area contributed by atoms with Crippen LogP contribution in [0.3, 0.4) is 0 Å². The Bertz CT molecular complexity index is 161. The molecule has 0 aromatic heterocycles. The number of nitrogens with two attached hydrogens (primary N) is 1. The molecular formula is C7H13NO2. The predicted molar refractivity (Wildman–Crippen MR) is 39.2 cm³/mol. The molecule has 0 saturated carbocycles. The summed E-state index contributed by atoms with van der Waals surface area (Å²) >= 11 is 0. The first-order valence-electron chi connectivity index (χ1n) is 3.19. The van der Waals surface area contributed by atoms with E-state index >= 15 is 0 Å². The summed E-state index contributed by atoms with van der Waals surface area (Å²) in [5.74, 6) is 0.181. The average molecular weight is 143 g/mol. The summed E-state index contributed by atoms with van der Waals surface area (Å²) in [6, 6.07) is 0. The zero-order valence-corrected chi connectivity index (χ0v) is 6.60. The lowest BCUT2D eigenvalue weighted by molar-refractivity contribution is -0.114. The Kier molecular flexibility index (Phi) is 3.54. The summed E-state index contributed by atoms with van der Waals surface area (Å²) in [6.45, 7) is 5.80. The Labute approximate surface area is 60.9 Å². The van der Waals surface area contributed by atoms with Gasteiger partial charge in [-0.05, 0) is 20.8 Å². The van der Waals surface area contributed by atoms with E-state index in [1.807, 2.05) is 6.92 Å². The first kappa shape index (κ1) is 9.01. The summed E-state index contributed by atoms with van der Waals surface area (Å²) in [5.41, 5.74) is 5.48. The molecular weight excluding hydrogens is 130 g/mol. The molecule has 3 heteroatoms. The molecule has 0 aliphatic rings. The number of primary amides is 1. The highest BCUT2D eigenvalue weighted by Gasteiger charge is 2.02. The summed E-state index contributed by atoms with van der Waals surface area (Å²) in [4.78, 5) is 10.5. The second kappa shape index (κ2) is 3.93. The minimum atomic E-state index is -0.425. The van der Waals surface area contributed by atoms with E-state index in [4.69, 9.17) is 10.5 Å². The smallest absolute Gasteiger partial charge is 0.247 e. The largest absolute Gasteiger partial charge is 0.498 e. The summed E-state index contributed by atoms with van der Waals surface area (Å²) in [5, 5.41) is 0. The monoisotopic (exact) mass is 143 g/mol. The van der Waals surface area contributed by atoms with Crippen LogP contribution in [0.25, 0.3) is 0 Å². The van der Waals surface area contributed by atoms with E-state index in [1.54, 1.807) is 13.8 Å². The lowest BCUT2D eigenvalue weighted by Crippen LogP contribution is -2.13. The first-order valence-corrected chi connectivity index (χ1v) is 3.19. The van der Waals surface area contributed by atoms with Gasteiger partial charge in [-0.15, -0.1) is 0 Å². The first-order chi connectivity index (χ1) is 4.59. The van der Waals surface area contributed by atoms with E-state index in [0.29, 0.717) is 17.9 Å². The molecule has 0 aromatic rings. The number of hydrogen-bond acceptors (Lipinski definition) is 2. The van der Waals surface area contributed by atoms with Crippen molar-refractivity contribution in [1.82, 2.24) is 0 Å². The maximum absolute atomic E-state index is 10.5. The van der Waals surface area contributed by atoms with Gasteiger partial charge in [0.2, 0.25) is 5.91 Å². The molecule has 0 rings (SSSR count). The Morgan fingerprint density at radius 1 is 1.50 bits per heavy atom. The second-order valence-electron chi connectivity index (χ2n) is 1.98. The molecule has 58 valence electrons. The third kappa shape index (κ3) is 2.53. The van der Waals surface area contributed by atoms with Crippen LogP contribution < -0.4 is 5.73 Å². The predicted octanol–water partition coefficient (Wildman–Crippen LogP) is 0.802. The zero-order valence-electron chi connectivity index (χ0n) is 6.60. The van der Waals surface area contributed by atoms with Crippen LogP contribution in [0.2, 0.25) is 0 Å². The highest BCUT2D eigenvalue weighted by Crippen LogP contribution is 2.02. The van der Waals surface area contributed by atoms with Crippen molar-refractivity contribution in [3.05, 3.63) is 11.3 Å². The average Bonchev–Trinajstić information content (AvgIpc) is 1.87. The van der Waals surface area contributed by atoms with Crippen LogP contribution in [0.4, 0.5) is 0 Å². The molecule has 0 radical (unpaired) electrons. The Balaban J connectivity index is 4.19. The molecule has 0 unspecified atom stereocenters. The number of allylic oxidation sites excluding steroid dienone is 1. The molecule has 1 amide bonds. The quantitative estimate of drug-likeness (QED) is 0.469. The Morgan fingerprint density at radius 2 is 2.00 bits per heavy atom. The molecule has 2 N–H and O–H groups in total. The van der Waals surface area contributed by atoms with Gasteiger partial charge in [0.15, 0.2) is 0 Å². The number of rotatable bonds is 3. The summed E-state index contributed by atoms with van der Waals surface area (Å²) in [7, 11) is 0. The van der Waals surface area contributed by atoms with Gasteiger partial charge in [-0.25, -0.2) is 0 Å². The third-order valence-electron chi connectivity index (χ3n) is 1.26. The Morgan fingerprint density at radius 3 is 2.30 bits per heavy atom. The van der Waals surface area contributed by atoms with Crippen LogP contribution in [0, 0.1) is 0 Å². The van der Waals surface area contributed by atoms with Gasteiger partial charge in [0.25, 0.3) is 0 Å². The highest BCUT2D eigenvalue weighted by atomic mass is 16.5. The number of amides is 1. The van der Waals surface area contributed by atoms with Crippen molar-refractivity contribution in [3.8, 4) is 0 Å². The summed E-state index contributed by atoms with van der Waals surface area (Å²) in [6.07, 6.45) is 0. The van der Waals surface area contributed by atoms with Crippen LogP contribution in [-0.2, 0) is 9.53 Å². The molecule has 10 heavy (non-hydrogen) atoms. The van der Waals surface area contributed by atoms with Gasteiger partial charge in [-0.1, -0.05) is 0 Å². The third-order valence-corrected chi connectivity index (χ3v) is 1.26. The van der Waals surface area contributed by atoms with Crippen LogP contribution in [0.1, 0.15) is 20.8 Å². The van der Waals surface area contributed by atoms with Gasteiger partial charge in [0.05, 0.1) is 12.2 Å². The molecule has 0 fully saturated rings. The van der Waals surface area contributed by atoms with Gasteiger partial charge in [0.1, 0.15) is 5.76 Å². The number of ether oxygens (including phenoxy) is 1. The van der Waals surface area contributed by atoms with E-state index in [1.165, 1.54) is 0 Å². The van der Waals surface area contributed by atoms with E-state index in [0.717, 1.165) is 0 Å². The number of carbonyl (C=O) groups is 1. The van der Waals surface area contributed by atoms with Gasteiger partial charge in [0, 0.05) is 0 Å². The second-order valence-corrected chi connectivity index (χ2v) is 1.98. The van der Waals surface area contributed by atoms with E-state index < -0.39 is 5.91 Å². The summed E-state index contributed by atoms with van der Waals surface area (Å²) < 4.78 is 5.04. The minimum Gasteiger partial charge on any atom is -0.498 e. The van der Waals surface area contributed by atoms with Crippen LogP contribution in [0.5, 0.6) is 0 Å². The van der Waals surface area contributed by atoms with Gasteiger partial charge >= 0.3 is 0 Å². The van der Waals surface area contributed by atoms with Crippen molar-refractivity contribution < 1.29 is 9.53 Å². The molecule has 0 aromatic carbocycles.